The van der Waals surface area contributed by atoms with Gasteiger partial charge in [-0.2, -0.15) is 0 Å². The zero-order chi connectivity index (χ0) is 15.6. The second-order valence-electron chi connectivity index (χ2n) is 4.67. The number of halogens is 3. The molecule has 112 valence electrons. The Morgan fingerprint density at radius 3 is 2.57 bits per heavy atom. The van der Waals surface area contributed by atoms with Gasteiger partial charge in [0.25, 0.3) is 0 Å². The third-order valence-electron chi connectivity index (χ3n) is 2.55. The van der Waals surface area contributed by atoms with E-state index in [2.05, 4.69) is 15.9 Å². The topological polar surface area (TPSA) is 44.5 Å². The van der Waals surface area contributed by atoms with Crippen LogP contribution in [0.2, 0.25) is 5.02 Å². The van der Waals surface area contributed by atoms with Gasteiger partial charge in [-0.3, -0.25) is 0 Å². The third-order valence-corrected chi connectivity index (χ3v) is 3.46. The molecule has 3 nitrogen and oxygen atoms in total. The maximum absolute atomic E-state index is 13.5. The van der Waals surface area contributed by atoms with Gasteiger partial charge in [0, 0.05) is 12.1 Å². The molecule has 0 aliphatic rings. The second kappa shape index (κ2) is 6.54. The highest BCUT2D eigenvalue weighted by Gasteiger charge is 2.11. The maximum atomic E-state index is 13.5. The van der Waals surface area contributed by atoms with Crippen LogP contribution in [-0.2, 0) is 0 Å². The van der Waals surface area contributed by atoms with Gasteiger partial charge in [0.1, 0.15) is 23.1 Å². The van der Waals surface area contributed by atoms with Gasteiger partial charge in [-0.25, -0.2) is 4.39 Å². The predicted molar refractivity (Wildman–Crippen MR) is 85.8 cm³/mol. The summed E-state index contributed by atoms with van der Waals surface area (Å²) >= 11 is 8.98. The molecule has 6 heteroatoms. The van der Waals surface area contributed by atoms with Crippen LogP contribution in [0.1, 0.15) is 13.8 Å². The summed E-state index contributed by atoms with van der Waals surface area (Å²) in [6.07, 6.45) is -0.0118. The molecule has 0 radical (unpaired) electrons. The summed E-state index contributed by atoms with van der Waals surface area (Å²) in [7, 11) is 0. The predicted octanol–water partition coefficient (Wildman–Crippen LogP) is 5.40. The zero-order valence-electron chi connectivity index (χ0n) is 11.5. The molecule has 0 spiro atoms. The molecule has 21 heavy (non-hydrogen) atoms. The Morgan fingerprint density at radius 2 is 1.90 bits per heavy atom. The van der Waals surface area contributed by atoms with E-state index in [0.717, 1.165) is 0 Å². The van der Waals surface area contributed by atoms with Crippen molar-refractivity contribution in [2.24, 2.45) is 0 Å². The maximum Gasteiger partial charge on any atom is 0.146 e. The van der Waals surface area contributed by atoms with Crippen LogP contribution in [0.3, 0.4) is 0 Å². The quantitative estimate of drug-likeness (QED) is 0.575. The molecular weight excluding hydrogens is 361 g/mol. The molecule has 2 rings (SSSR count). The molecule has 0 aliphatic carbocycles. The Bertz CT molecular complexity index is 664. The number of ether oxygens (including phenoxy) is 2. The molecule has 0 aliphatic heterocycles. The molecule has 0 saturated carbocycles. The first-order valence-electron chi connectivity index (χ1n) is 6.25. The van der Waals surface area contributed by atoms with Crippen molar-refractivity contribution in [2.75, 3.05) is 5.73 Å². The van der Waals surface area contributed by atoms with Crippen molar-refractivity contribution < 1.29 is 13.9 Å². The summed E-state index contributed by atoms with van der Waals surface area (Å²) in [5.74, 6) is 0.775. The van der Waals surface area contributed by atoms with Crippen molar-refractivity contribution in [1.82, 2.24) is 0 Å². The Morgan fingerprint density at radius 1 is 1.19 bits per heavy atom. The van der Waals surface area contributed by atoms with Crippen LogP contribution >= 0.6 is 27.5 Å². The largest absolute Gasteiger partial charge is 0.489 e. The molecule has 0 fully saturated rings. The fraction of sp³-hybridized carbons (Fsp3) is 0.200. The Labute approximate surface area is 135 Å². The lowest BCUT2D eigenvalue weighted by Gasteiger charge is -2.14. The van der Waals surface area contributed by atoms with Crippen LogP contribution in [0.4, 0.5) is 10.1 Å². The van der Waals surface area contributed by atoms with E-state index in [9.17, 15) is 4.39 Å². The fourth-order valence-electron chi connectivity index (χ4n) is 1.64. The highest BCUT2D eigenvalue weighted by molar-refractivity contribution is 9.10. The summed E-state index contributed by atoms with van der Waals surface area (Å²) in [4.78, 5) is 0. The van der Waals surface area contributed by atoms with Crippen LogP contribution in [0.5, 0.6) is 17.2 Å². The minimum absolute atomic E-state index is 0.0118. The molecule has 0 aromatic heterocycles. The molecule has 0 saturated heterocycles. The Hall–Kier alpha value is -1.46. The summed E-state index contributed by atoms with van der Waals surface area (Å²) in [6, 6.07) is 7.67. The number of hydrogen-bond donors (Lipinski definition) is 1. The van der Waals surface area contributed by atoms with Gasteiger partial charge in [0.15, 0.2) is 0 Å². The average molecular weight is 375 g/mol. The summed E-state index contributed by atoms with van der Waals surface area (Å²) in [5.41, 5.74) is 6.35. The Balaban J connectivity index is 2.30. The van der Waals surface area contributed by atoms with E-state index in [1.807, 2.05) is 13.8 Å². The van der Waals surface area contributed by atoms with Crippen molar-refractivity contribution in [2.45, 2.75) is 20.0 Å². The van der Waals surface area contributed by atoms with E-state index in [1.54, 1.807) is 18.2 Å². The Kier molecular flexibility index (Phi) is 4.96. The highest BCUT2D eigenvalue weighted by Crippen LogP contribution is 2.36. The zero-order valence-corrected chi connectivity index (χ0v) is 13.8. The third kappa shape index (κ3) is 4.02. The SMILES string of the molecule is CC(C)Oc1cc(Oc2cc(F)c(Cl)cc2Br)ccc1N. The van der Waals surface area contributed by atoms with Gasteiger partial charge in [-0.1, -0.05) is 11.6 Å². The van der Waals surface area contributed by atoms with E-state index >= 15 is 0 Å². The summed E-state index contributed by atoms with van der Waals surface area (Å²) in [6.45, 7) is 3.80. The van der Waals surface area contributed by atoms with Gasteiger partial charge < -0.3 is 15.2 Å². The highest BCUT2D eigenvalue weighted by atomic mass is 79.9. The molecule has 0 amide bonds. The van der Waals surface area contributed by atoms with Crippen LogP contribution in [0.25, 0.3) is 0 Å². The van der Waals surface area contributed by atoms with Crippen molar-refractivity contribution in [3.8, 4) is 17.2 Å². The van der Waals surface area contributed by atoms with Crippen LogP contribution in [0.15, 0.2) is 34.8 Å². The van der Waals surface area contributed by atoms with Gasteiger partial charge in [0.05, 0.1) is 21.3 Å². The number of rotatable bonds is 4. The first kappa shape index (κ1) is 15.9. The van der Waals surface area contributed by atoms with E-state index in [1.165, 1.54) is 12.1 Å². The molecule has 2 aromatic rings. The molecule has 2 aromatic carbocycles. The molecule has 0 bridgehead atoms. The minimum atomic E-state index is -0.552. The summed E-state index contributed by atoms with van der Waals surface area (Å²) < 4.78 is 25.3. The molecular formula is C15H14BrClFNO2. The molecule has 0 heterocycles. The van der Waals surface area contributed by atoms with Crippen LogP contribution in [0, 0.1) is 5.82 Å². The van der Waals surface area contributed by atoms with E-state index < -0.39 is 5.82 Å². The van der Waals surface area contributed by atoms with Crippen LogP contribution < -0.4 is 15.2 Å². The van der Waals surface area contributed by atoms with Gasteiger partial charge in [-0.05, 0) is 48.0 Å². The minimum Gasteiger partial charge on any atom is -0.489 e. The molecule has 2 N–H and O–H groups in total. The smallest absolute Gasteiger partial charge is 0.146 e. The number of benzene rings is 2. The van der Waals surface area contributed by atoms with Gasteiger partial charge in [0.2, 0.25) is 0 Å². The number of nitrogens with two attached hydrogens (primary N) is 1. The van der Waals surface area contributed by atoms with E-state index in [4.69, 9.17) is 26.8 Å². The lowest BCUT2D eigenvalue weighted by atomic mass is 10.2. The van der Waals surface area contributed by atoms with Crippen molar-refractivity contribution in [3.05, 3.63) is 45.6 Å². The van der Waals surface area contributed by atoms with Crippen LogP contribution in [-0.4, -0.2) is 6.10 Å². The molecule has 0 atom stereocenters. The number of hydrogen-bond acceptors (Lipinski definition) is 3. The lowest BCUT2D eigenvalue weighted by Crippen LogP contribution is -2.07. The normalized spacial score (nSPS) is 10.8. The summed E-state index contributed by atoms with van der Waals surface area (Å²) in [5, 5.41) is 0.0235. The standard InChI is InChI=1S/C15H14BrClFNO2/c1-8(2)20-15-5-9(3-4-13(15)19)21-14-7-12(18)11(17)6-10(14)16/h3-8H,19H2,1-2H3. The van der Waals surface area contributed by atoms with Crippen molar-refractivity contribution in [3.63, 3.8) is 0 Å². The average Bonchev–Trinajstić information content (AvgIpc) is 2.39. The van der Waals surface area contributed by atoms with Gasteiger partial charge >= 0.3 is 0 Å². The van der Waals surface area contributed by atoms with Gasteiger partial charge in [-0.15, -0.1) is 0 Å². The first-order valence-corrected chi connectivity index (χ1v) is 7.42. The fourth-order valence-corrected chi connectivity index (χ4v) is 2.36. The van der Waals surface area contributed by atoms with E-state index in [-0.39, 0.29) is 11.1 Å². The molecule has 0 unspecified atom stereocenters. The number of anilines is 1. The van der Waals surface area contributed by atoms with Crippen molar-refractivity contribution in [1.29, 1.82) is 0 Å². The van der Waals surface area contributed by atoms with Crippen molar-refractivity contribution >= 4 is 33.2 Å². The monoisotopic (exact) mass is 373 g/mol. The lowest BCUT2D eigenvalue weighted by molar-refractivity contribution is 0.243. The first-order chi connectivity index (χ1) is 9.86. The van der Waals surface area contributed by atoms with E-state index in [0.29, 0.717) is 27.4 Å². The number of nitrogen functional groups attached to an aromatic ring is 1. The second-order valence-corrected chi connectivity index (χ2v) is 5.93.